The molecule has 22 heavy (non-hydrogen) atoms. The van der Waals surface area contributed by atoms with Crippen LogP contribution in [-0.4, -0.2) is 20.4 Å². The molecule has 0 heterocycles. The number of phenols is 4. The third-order valence-electron chi connectivity index (χ3n) is 3.00. The topological polar surface area (TPSA) is 80.9 Å². The Kier molecular flexibility index (Phi) is 7.09. The van der Waals surface area contributed by atoms with Crippen molar-refractivity contribution >= 4 is 0 Å². The van der Waals surface area contributed by atoms with E-state index in [2.05, 4.69) is 13.8 Å². The summed E-state index contributed by atoms with van der Waals surface area (Å²) in [5, 5.41) is 36.2. The fourth-order valence-electron chi connectivity index (χ4n) is 2.18. The van der Waals surface area contributed by atoms with Gasteiger partial charge in [-0.15, -0.1) is 0 Å². The van der Waals surface area contributed by atoms with Gasteiger partial charge in [-0.2, -0.15) is 0 Å². The highest BCUT2D eigenvalue weighted by atomic mass is 16.3. The van der Waals surface area contributed by atoms with Gasteiger partial charge in [-0.3, -0.25) is 0 Å². The molecule has 0 aromatic heterocycles. The lowest BCUT2D eigenvalue weighted by Gasteiger charge is -2.00. The molecule has 120 valence electrons. The Labute approximate surface area is 131 Å². The second-order valence-corrected chi connectivity index (χ2v) is 5.22. The monoisotopic (exact) mass is 304 g/mol. The minimum absolute atomic E-state index is 0.133. The molecule has 4 N–H and O–H groups in total. The first kappa shape index (κ1) is 17.7. The summed E-state index contributed by atoms with van der Waals surface area (Å²) in [4.78, 5) is 0. The summed E-state index contributed by atoms with van der Waals surface area (Å²) >= 11 is 0. The van der Waals surface area contributed by atoms with E-state index in [-0.39, 0.29) is 23.0 Å². The predicted octanol–water partition coefficient (Wildman–Crippen LogP) is 4.10. The maximum Gasteiger partial charge on any atom is 0.119 e. The van der Waals surface area contributed by atoms with Crippen LogP contribution in [0.1, 0.15) is 37.8 Å². The van der Waals surface area contributed by atoms with Crippen molar-refractivity contribution in [2.24, 2.45) is 0 Å². The van der Waals surface area contributed by atoms with E-state index in [1.165, 1.54) is 12.1 Å². The van der Waals surface area contributed by atoms with Crippen LogP contribution in [0.3, 0.4) is 0 Å². The summed E-state index contributed by atoms with van der Waals surface area (Å²) in [6.07, 6.45) is 3.82. The summed E-state index contributed by atoms with van der Waals surface area (Å²) in [5.41, 5.74) is 1.95. The van der Waals surface area contributed by atoms with E-state index in [1.54, 1.807) is 24.3 Å². The molecule has 0 bridgehead atoms. The number of benzene rings is 2. The molecule has 0 amide bonds. The molecular formula is C18H24O4. The van der Waals surface area contributed by atoms with Crippen molar-refractivity contribution in [1.82, 2.24) is 0 Å². The third kappa shape index (κ3) is 6.39. The van der Waals surface area contributed by atoms with E-state index in [0.29, 0.717) is 0 Å². The maximum atomic E-state index is 9.06. The fourth-order valence-corrected chi connectivity index (χ4v) is 2.18. The van der Waals surface area contributed by atoms with Crippen molar-refractivity contribution in [3.8, 4) is 23.0 Å². The van der Waals surface area contributed by atoms with E-state index in [1.807, 2.05) is 0 Å². The zero-order valence-electron chi connectivity index (χ0n) is 13.1. The quantitative estimate of drug-likeness (QED) is 0.685. The Morgan fingerprint density at radius 2 is 0.818 bits per heavy atom. The van der Waals surface area contributed by atoms with Gasteiger partial charge in [-0.25, -0.2) is 0 Å². The second kappa shape index (κ2) is 8.82. The number of hydrogen-bond acceptors (Lipinski definition) is 4. The summed E-state index contributed by atoms with van der Waals surface area (Å²) in [7, 11) is 0. The molecule has 0 saturated carbocycles. The van der Waals surface area contributed by atoms with E-state index < -0.39 is 0 Å². The summed E-state index contributed by atoms with van der Waals surface area (Å²) in [5.74, 6) is 0.531. The highest BCUT2D eigenvalue weighted by molar-refractivity contribution is 5.37. The van der Waals surface area contributed by atoms with Gasteiger partial charge in [0.05, 0.1) is 0 Å². The van der Waals surface area contributed by atoms with Crippen LogP contribution in [0.2, 0.25) is 0 Å². The molecule has 2 aromatic carbocycles. The van der Waals surface area contributed by atoms with Crippen LogP contribution >= 0.6 is 0 Å². The Morgan fingerprint density at radius 3 is 1.05 bits per heavy atom. The normalized spacial score (nSPS) is 9.91. The fraction of sp³-hybridized carbons (Fsp3) is 0.333. The van der Waals surface area contributed by atoms with Gasteiger partial charge in [-0.1, -0.05) is 26.7 Å². The molecule has 0 aliphatic heterocycles. The van der Waals surface area contributed by atoms with Crippen LogP contribution in [-0.2, 0) is 12.8 Å². The highest BCUT2D eigenvalue weighted by Gasteiger charge is 1.97. The molecule has 0 aliphatic rings. The molecule has 0 atom stereocenters. The largest absolute Gasteiger partial charge is 0.508 e. The van der Waals surface area contributed by atoms with Gasteiger partial charge in [0.15, 0.2) is 0 Å². The van der Waals surface area contributed by atoms with Gasteiger partial charge in [0.25, 0.3) is 0 Å². The van der Waals surface area contributed by atoms with Crippen molar-refractivity contribution in [2.45, 2.75) is 39.5 Å². The number of rotatable bonds is 4. The van der Waals surface area contributed by atoms with Crippen LogP contribution in [0.25, 0.3) is 0 Å². The van der Waals surface area contributed by atoms with Gasteiger partial charge < -0.3 is 20.4 Å². The lowest BCUT2D eigenvalue weighted by Crippen LogP contribution is -1.81. The first-order valence-electron chi connectivity index (χ1n) is 7.48. The molecule has 4 nitrogen and oxygen atoms in total. The van der Waals surface area contributed by atoms with Gasteiger partial charge in [0.2, 0.25) is 0 Å². The molecule has 0 spiro atoms. The Hall–Kier alpha value is -2.36. The number of hydrogen-bond donors (Lipinski definition) is 4. The lowest BCUT2D eigenvalue weighted by atomic mass is 10.1. The predicted molar refractivity (Wildman–Crippen MR) is 87.5 cm³/mol. The number of aryl methyl sites for hydroxylation is 2. The highest BCUT2D eigenvalue weighted by Crippen LogP contribution is 2.21. The first-order chi connectivity index (χ1) is 10.4. The van der Waals surface area contributed by atoms with Crippen molar-refractivity contribution in [3.05, 3.63) is 47.5 Å². The second-order valence-electron chi connectivity index (χ2n) is 5.22. The van der Waals surface area contributed by atoms with Gasteiger partial charge in [-0.05, 0) is 48.2 Å². The van der Waals surface area contributed by atoms with Crippen LogP contribution < -0.4 is 0 Å². The SMILES string of the molecule is CCCc1cc(O)cc(O)c1.CCCc1cc(O)cc(O)c1. The van der Waals surface area contributed by atoms with E-state index in [4.69, 9.17) is 20.4 Å². The third-order valence-corrected chi connectivity index (χ3v) is 3.00. The molecule has 4 heteroatoms. The molecule has 2 rings (SSSR count). The Balaban J connectivity index is 0.000000220. The maximum absolute atomic E-state index is 9.06. The Morgan fingerprint density at radius 1 is 0.545 bits per heavy atom. The molecule has 0 fully saturated rings. The average molecular weight is 304 g/mol. The van der Waals surface area contributed by atoms with Crippen LogP contribution in [0.5, 0.6) is 23.0 Å². The smallest absolute Gasteiger partial charge is 0.119 e. The first-order valence-corrected chi connectivity index (χ1v) is 7.48. The molecule has 0 aliphatic carbocycles. The van der Waals surface area contributed by atoms with Crippen molar-refractivity contribution in [2.75, 3.05) is 0 Å². The van der Waals surface area contributed by atoms with Crippen LogP contribution in [0.4, 0.5) is 0 Å². The zero-order chi connectivity index (χ0) is 16.5. The molecule has 2 aromatic rings. The molecule has 0 unspecified atom stereocenters. The van der Waals surface area contributed by atoms with Crippen LogP contribution in [0, 0.1) is 0 Å². The summed E-state index contributed by atoms with van der Waals surface area (Å²) < 4.78 is 0. The minimum atomic E-state index is 0.133. The van der Waals surface area contributed by atoms with E-state index in [0.717, 1.165) is 36.8 Å². The average Bonchev–Trinajstić information content (AvgIpc) is 2.37. The van der Waals surface area contributed by atoms with Gasteiger partial charge >= 0.3 is 0 Å². The van der Waals surface area contributed by atoms with E-state index in [9.17, 15) is 0 Å². The summed E-state index contributed by atoms with van der Waals surface area (Å²) in [6.45, 7) is 4.11. The van der Waals surface area contributed by atoms with Gasteiger partial charge in [0.1, 0.15) is 23.0 Å². The van der Waals surface area contributed by atoms with Crippen molar-refractivity contribution in [3.63, 3.8) is 0 Å². The summed E-state index contributed by atoms with van der Waals surface area (Å²) in [6, 6.07) is 9.34. The molecule has 0 saturated heterocycles. The minimum Gasteiger partial charge on any atom is -0.508 e. The molecular weight excluding hydrogens is 280 g/mol. The van der Waals surface area contributed by atoms with Crippen LogP contribution in [0.15, 0.2) is 36.4 Å². The van der Waals surface area contributed by atoms with E-state index >= 15 is 0 Å². The van der Waals surface area contributed by atoms with Crippen molar-refractivity contribution < 1.29 is 20.4 Å². The Bertz CT molecular complexity index is 500. The standard InChI is InChI=1S/2C9H12O2/c2*1-2-3-7-4-8(10)6-9(11)5-7/h2*4-6,10-11H,2-3H2,1H3. The number of phenolic OH excluding ortho intramolecular Hbond substituents is 4. The van der Waals surface area contributed by atoms with Crippen molar-refractivity contribution in [1.29, 1.82) is 0 Å². The number of aromatic hydroxyl groups is 4. The lowest BCUT2D eigenvalue weighted by molar-refractivity contribution is 0.448. The zero-order valence-corrected chi connectivity index (χ0v) is 13.1. The van der Waals surface area contributed by atoms with Gasteiger partial charge in [0, 0.05) is 12.1 Å². The molecule has 0 radical (unpaired) electrons.